The molecule has 1 aliphatic rings. The average molecular weight is 337 g/mol. The van der Waals surface area contributed by atoms with Gasteiger partial charge in [0.1, 0.15) is 0 Å². The van der Waals surface area contributed by atoms with Crippen LogP contribution in [0, 0.1) is 0 Å². The molecule has 1 aromatic heterocycles. The first-order valence-electron chi connectivity index (χ1n) is 6.46. The Balaban J connectivity index is 1.55. The van der Waals surface area contributed by atoms with Crippen molar-refractivity contribution in [2.45, 2.75) is 19.0 Å². The molecular formula is C15H17BrN2S. The minimum Gasteiger partial charge on any atom is -0.380 e. The lowest BCUT2D eigenvalue weighted by Gasteiger charge is -2.20. The van der Waals surface area contributed by atoms with Gasteiger partial charge >= 0.3 is 0 Å². The second-order valence-electron chi connectivity index (χ2n) is 5.13. The molecule has 0 radical (unpaired) electrons. The van der Waals surface area contributed by atoms with E-state index in [9.17, 15) is 0 Å². The van der Waals surface area contributed by atoms with Crippen molar-refractivity contribution in [3.05, 3.63) is 50.6 Å². The van der Waals surface area contributed by atoms with Crippen molar-refractivity contribution in [2.24, 2.45) is 0 Å². The predicted octanol–water partition coefficient (Wildman–Crippen LogP) is 3.98. The van der Waals surface area contributed by atoms with E-state index in [4.69, 9.17) is 0 Å². The van der Waals surface area contributed by atoms with Crippen LogP contribution in [-0.4, -0.2) is 24.5 Å². The normalized spacial score (nSPS) is 17.5. The number of anilines is 1. The molecule has 0 spiro atoms. The van der Waals surface area contributed by atoms with Crippen molar-refractivity contribution in [3.8, 4) is 0 Å². The van der Waals surface area contributed by atoms with Gasteiger partial charge in [-0.2, -0.15) is 0 Å². The summed E-state index contributed by atoms with van der Waals surface area (Å²) in [6.45, 7) is 2.09. The Hall–Kier alpha value is -0.840. The molecule has 1 aromatic carbocycles. The fourth-order valence-electron chi connectivity index (χ4n) is 2.63. The van der Waals surface area contributed by atoms with E-state index in [0.717, 1.165) is 19.5 Å². The van der Waals surface area contributed by atoms with Crippen molar-refractivity contribution < 1.29 is 0 Å². The van der Waals surface area contributed by atoms with Gasteiger partial charge in [-0.25, -0.2) is 0 Å². The van der Waals surface area contributed by atoms with Gasteiger partial charge in [-0.3, -0.25) is 4.90 Å². The molecule has 0 aliphatic carbocycles. The lowest BCUT2D eigenvalue weighted by Crippen LogP contribution is -2.32. The van der Waals surface area contributed by atoms with Crippen LogP contribution < -0.4 is 5.32 Å². The summed E-state index contributed by atoms with van der Waals surface area (Å²) in [7, 11) is 2.19. The highest BCUT2D eigenvalue weighted by Gasteiger charge is 2.21. The van der Waals surface area contributed by atoms with Gasteiger partial charge in [-0.1, -0.05) is 18.2 Å². The number of fused-ring (bicyclic) bond motifs is 1. The van der Waals surface area contributed by atoms with E-state index < -0.39 is 0 Å². The van der Waals surface area contributed by atoms with E-state index in [0.29, 0.717) is 6.04 Å². The lowest BCUT2D eigenvalue weighted by atomic mass is 10.1. The Bertz CT molecular complexity index is 542. The number of hydrogen-bond donors (Lipinski definition) is 1. The Labute approximate surface area is 126 Å². The summed E-state index contributed by atoms with van der Waals surface area (Å²) in [4.78, 5) is 3.80. The van der Waals surface area contributed by atoms with Gasteiger partial charge in [-0.15, -0.1) is 11.3 Å². The number of benzene rings is 1. The third-order valence-corrected chi connectivity index (χ3v) is 5.11. The molecule has 0 amide bonds. The molecule has 4 heteroatoms. The number of thiophene rings is 1. The molecule has 3 rings (SSSR count). The molecule has 19 heavy (non-hydrogen) atoms. The largest absolute Gasteiger partial charge is 0.380 e. The predicted molar refractivity (Wildman–Crippen MR) is 85.9 cm³/mol. The number of likely N-dealkylation sites (N-methyl/N-ethyl adjacent to an activating group) is 1. The topological polar surface area (TPSA) is 15.3 Å². The maximum Gasteiger partial charge on any atom is 0.0429 e. The molecule has 2 heterocycles. The second-order valence-corrected chi connectivity index (χ2v) is 7.04. The van der Waals surface area contributed by atoms with Crippen LogP contribution in [0.2, 0.25) is 0 Å². The zero-order valence-corrected chi connectivity index (χ0v) is 13.3. The number of hydrogen-bond acceptors (Lipinski definition) is 3. The summed E-state index contributed by atoms with van der Waals surface area (Å²) in [5, 5.41) is 5.75. The standard InChI is InChI=1S/C15H17BrN2S/c1-18(9-14-7-12(16)10-19-14)8-13-6-11-4-2-3-5-15(11)17-13/h2-5,7,10,13,17H,6,8-9H2,1H3. The summed E-state index contributed by atoms with van der Waals surface area (Å²) in [5.74, 6) is 0. The van der Waals surface area contributed by atoms with Crippen LogP contribution in [0.1, 0.15) is 10.4 Å². The van der Waals surface area contributed by atoms with Gasteiger partial charge in [0.15, 0.2) is 0 Å². The molecule has 2 aromatic rings. The minimum absolute atomic E-state index is 0.533. The van der Waals surface area contributed by atoms with Crippen LogP contribution in [0.15, 0.2) is 40.2 Å². The minimum atomic E-state index is 0.533. The number of nitrogens with zero attached hydrogens (tertiary/aromatic N) is 1. The van der Waals surface area contributed by atoms with Crippen LogP contribution in [0.5, 0.6) is 0 Å². The molecule has 1 atom stereocenters. The van der Waals surface area contributed by atoms with Gasteiger partial charge in [0, 0.05) is 39.5 Å². The van der Waals surface area contributed by atoms with E-state index in [1.54, 1.807) is 0 Å². The number of halogens is 1. The first kappa shape index (κ1) is 13.2. The van der Waals surface area contributed by atoms with Gasteiger partial charge in [-0.05, 0) is 47.1 Å². The number of nitrogens with one attached hydrogen (secondary N) is 1. The fraction of sp³-hybridized carbons (Fsp3) is 0.333. The van der Waals surface area contributed by atoms with Crippen LogP contribution in [0.4, 0.5) is 5.69 Å². The second kappa shape index (κ2) is 5.65. The van der Waals surface area contributed by atoms with Crippen LogP contribution in [-0.2, 0) is 13.0 Å². The maximum atomic E-state index is 3.61. The summed E-state index contributed by atoms with van der Waals surface area (Å²) >= 11 is 5.32. The highest BCUT2D eigenvalue weighted by Crippen LogP contribution is 2.26. The zero-order valence-electron chi connectivity index (χ0n) is 10.9. The van der Waals surface area contributed by atoms with Gasteiger partial charge < -0.3 is 5.32 Å². The monoisotopic (exact) mass is 336 g/mol. The lowest BCUT2D eigenvalue weighted by molar-refractivity contribution is 0.315. The Morgan fingerprint density at radius 2 is 2.26 bits per heavy atom. The van der Waals surface area contributed by atoms with Crippen molar-refractivity contribution in [1.82, 2.24) is 4.90 Å². The fourth-order valence-corrected chi connectivity index (χ4v) is 4.16. The third kappa shape index (κ3) is 3.19. The van der Waals surface area contributed by atoms with E-state index in [-0.39, 0.29) is 0 Å². The van der Waals surface area contributed by atoms with E-state index >= 15 is 0 Å². The zero-order chi connectivity index (χ0) is 13.2. The van der Waals surface area contributed by atoms with Crippen molar-refractivity contribution in [2.75, 3.05) is 18.9 Å². The van der Waals surface area contributed by atoms with E-state index in [1.165, 1.54) is 20.6 Å². The Kier molecular flexibility index (Phi) is 3.91. The van der Waals surface area contributed by atoms with Crippen molar-refractivity contribution in [3.63, 3.8) is 0 Å². The Morgan fingerprint density at radius 1 is 1.42 bits per heavy atom. The number of rotatable bonds is 4. The quantitative estimate of drug-likeness (QED) is 0.908. The summed E-state index contributed by atoms with van der Waals surface area (Å²) < 4.78 is 1.19. The highest BCUT2D eigenvalue weighted by molar-refractivity contribution is 9.10. The number of para-hydroxylation sites is 1. The Morgan fingerprint density at radius 3 is 3.00 bits per heavy atom. The van der Waals surface area contributed by atoms with Crippen molar-refractivity contribution in [1.29, 1.82) is 0 Å². The molecule has 2 nitrogen and oxygen atoms in total. The molecule has 100 valence electrons. The maximum absolute atomic E-state index is 3.61. The summed E-state index contributed by atoms with van der Waals surface area (Å²) in [6, 6.07) is 11.4. The molecule has 0 saturated carbocycles. The van der Waals surface area contributed by atoms with Gasteiger partial charge in [0.25, 0.3) is 0 Å². The third-order valence-electron chi connectivity index (χ3n) is 3.42. The van der Waals surface area contributed by atoms with Crippen LogP contribution in [0.25, 0.3) is 0 Å². The molecule has 1 aliphatic heterocycles. The van der Waals surface area contributed by atoms with Crippen LogP contribution in [0.3, 0.4) is 0 Å². The van der Waals surface area contributed by atoms with Crippen LogP contribution >= 0.6 is 27.3 Å². The smallest absolute Gasteiger partial charge is 0.0429 e. The molecule has 1 N–H and O–H groups in total. The SMILES string of the molecule is CN(Cc1cc(Br)cs1)CC1Cc2ccccc2N1. The first-order chi connectivity index (χ1) is 9.20. The highest BCUT2D eigenvalue weighted by atomic mass is 79.9. The molecule has 0 bridgehead atoms. The molecular weight excluding hydrogens is 320 g/mol. The first-order valence-corrected chi connectivity index (χ1v) is 8.14. The average Bonchev–Trinajstić information content (AvgIpc) is 2.94. The van der Waals surface area contributed by atoms with Gasteiger partial charge in [0.2, 0.25) is 0 Å². The summed E-state index contributed by atoms with van der Waals surface area (Å²) in [5.41, 5.74) is 2.75. The molecule has 0 fully saturated rings. The van der Waals surface area contributed by atoms with E-state index in [2.05, 4.69) is 68.9 Å². The van der Waals surface area contributed by atoms with Crippen molar-refractivity contribution >= 4 is 33.0 Å². The van der Waals surface area contributed by atoms with Gasteiger partial charge in [0.05, 0.1) is 0 Å². The summed E-state index contributed by atoms with van der Waals surface area (Å²) in [6.07, 6.45) is 1.13. The molecule has 0 saturated heterocycles. The molecule has 1 unspecified atom stereocenters. The van der Waals surface area contributed by atoms with E-state index in [1.807, 2.05) is 11.3 Å².